The zero-order valence-electron chi connectivity index (χ0n) is 18.5. The smallest absolute Gasteiger partial charge is 0.343 e. The van der Waals surface area contributed by atoms with Crippen molar-refractivity contribution in [3.8, 4) is 11.5 Å². The Hall–Kier alpha value is -4.10. The third-order valence-electron chi connectivity index (χ3n) is 5.30. The van der Waals surface area contributed by atoms with E-state index in [1.165, 1.54) is 7.11 Å². The maximum Gasteiger partial charge on any atom is 0.343 e. The Labute approximate surface area is 201 Å². The summed E-state index contributed by atoms with van der Waals surface area (Å²) in [5.74, 6) is -0.962. The molecule has 0 aromatic heterocycles. The Kier molecular flexibility index (Phi) is 6.65. The lowest BCUT2D eigenvalue weighted by atomic mass is 10.1. The van der Waals surface area contributed by atoms with Crippen LogP contribution in [-0.4, -0.2) is 24.9 Å². The molecule has 0 fully saturated rings. The van der Waals surface area contributed by atoms with Gasteiger partial charge in [0.2, 0.25) is 0 Å². The lowest BCUT2D eigenvalue weighted by Crippen LogP contribution is -2.33. The Morgan fingerprint density at radius 3 is 2.24 bits per heavy atom. The minimum Gasteiger partial charge on any atom is -0.493 e. The maximum atomic E-state index is 13.1. The number of carbonyl (C=O) groups is 3. The van der Waals surface area contributed by atoms with Crippen LogP contribution in [0.25, 0.3) is 0 Å². The second-order valence-corrected chi connectivity index (χ2v) is 7.74. The standard InChI is InChI=1S/C26H21ClN2O5/c1-3-16-8-4-5-9-19(16)29-24(30)22(27)23(25(29)31)28-18-14-12-17(13-15-18)26(32)34-21-11-7-6-10-20(21)33-2/h4-15,28H,3H2,1-2H3. The minimum atomic E-state index is -0.591. The summed E-state index contributed by atoms with van der Waals surface area (Å²) in [5.41, 5.74) is 2.11. The number of nitrogens with one attached hydrogen (secondary N) is 1. The highest BCUT2D eigenvalue weighted by Crippen LogP contribution is 2.32. The fourth-order valence-electron chi connectivity index (χ4n) is 3.55. The van der Waals surface area contributed by atoms with Crippen molar-refractivity contribution < 1.29 is 23.9 Å². The monoisotopic (exact) mass is 476 g/mol. The molecule has 3 aromatic carbocycles. The van der Waals surface area contributed by atoms with Crippen molar-refractivity contribution in [1.82, 2.24) is 0 Å². The molecule has 3 aromatic rings. The average Bonchev–Trinajstić information content (AvgIpc) is 3.07. The Morgan fingerprint density at radius 2 is 1.56 bits per heavy atom. The van der Waals surface area contributed by atoms with Crippen molar-refractivity contribution in [3.05, 3.63) is 94.7 Å². The molecule has 0 aliphatic carbocycles. The highest BCUT2D eigenvalue weighted by Gasteiger charge is 2.39. The van der Waals surface area contributed by atoms with E-state index in [1.54, 1.807) is 60.7 Å². The molecule has 0 spiro atoms. The van der Waals surface area contributed by atoms with Crippen LogP contribution in [-0.2, 0) is 16.0 Å². The molecule has 0 unspecified atom stereocenters. The number of halogens is 1. The molecule has 2 amide bonds. The van der Waals surface area contributed by atoms with Crippen molar-refractivity contribution >= 4 is 40.8 Å². The quantitative estimate of drug-likeness (QED) is 0.296. The predicted molar refractivity (Wildman–Crippen MR) is 129 cm³/mol. The van der Waals surface area contributed by atoms with Crippen molar-refractivity contribution in [1.29, 1.82) is 0 Å². The van der Waals surface area contributed by atoms with Gasteiger partial charge in [0.15, 0.2) is 11.5 Å². The molecule has 172 valence electrons. The Morgan fingerprint density at radius 1 is 0.912 bits per heavy atom. The summed E-state index contributed by atoms with van der Waals surface area (Å²) in [4.78, 5) is 39.4. The summed E-state index contributed by atoms with van der Waals surface area (Å²) < 4.78 is 10.6. The number of amides is 2. The zero-order chi connectivity index (χ0) is 24.2. The van der Waals surface area contributed by atoms with E-state index in [1.807, 2.05) is 19.1 Å². The van der Waals surface area contributed by atoms with Crippen molar-refractivity contribution in [2.45, 2.75) is 13.3 Å². The van der Waals surface area contributed by atoms with Gasteiger partial charge < -0.3 is 14.8 Å². The van der Waals surface area contributed by atoms with Gasteiger partial charge >= 0.3 is 5.97 Å². The molecule has 0 atom stereocenters. The van der Waals surface area contributed by atoms with Crippen molar-refractivity contribution in [2.75, 3.05) is 17.3 Å². The molecule has 8 heteroatoms. The minimum absolute atomic E-state index is 0.0260. The summed E-state index contributed by atoms with van der Waals surface area (Å²) in [7, 11) is 1.49. The Bertz CT molecular complexity index is 1300. The van der Waals surface area contributed by atoms with E-state index in [2.05, 4.69) is 5.32 Å². The number of carbonyl (C=O) groups excluding carboxylic acids is 3. The van der Waals surface area contributed by atoms with E-state index >= 15 is 0 Å². The molecule has 4 rings (SSSR count). The SMILES string of the molecule is CCc1ccccc1N1C(=O)C(Cl)=C(Nc2ccc(C(=O)Oc3ccccc3OC)cc2)C1=O. The second kappa shape index (κ2) is 9.80. The molecule has 7 nitrogen and oxygen atoms in total. The first-order chi connectivity index (χ1) is 16.4. The first-order valence-electron chi connectivity index (χ1n) is 10.5. The molecular weight excluding hydrogens is 456 g/mol. The van der Waals surface area contributed by atoms with Crippen LogP contribution in [0.15, 0.2) is 83.5 Å². The number of nitrogens with zero attached hydrogens (tertiary/aromatic N) is 1. The number of anilines is 2. The third kappa shape index (κ3) is 4.38. The van der Waals surface area contributed by atoms with E-state index in [-0.39, 0.29) is 10.7 Å². The molecule has 0 radical (unpaired) electrons. The largest absolute Gasteiger partial charge is 0.493 e. The zero-order valence-corrected chi connectivity index (χ0v) is 19.3. The fraction of sp³-hybridized carbons (Fsp3) is 0.115. The van der Waals surface area contributed by atoms with Crippen LogP contribution in [0.2, 0.25) is 0 Å². The van der Waals surface area contributed by atoms with Crippen molar-refractivity contribution in [3.63, 3.8) is 0 Å². The number of hydrogen-bond acceptors (Lipinski definition) is 6. The first-order valence-corrected chi connectivity index (χ1v) is 10.9. The number of methoxy groups -OCH3 is 1. The predicted octanol–water partition coefficient (Wildman–Crippen LogP) is 4.91. The average molecular weight is 477 g/mol. The van der Waals surface area contributed by atoms with Crippen LogP contribution in [0.4, 0.5) is 11.4 Å². The van der Waals surface area contributed by atoms with Crippen molar-refractivity contribution in [2.24, 2.45) is 0 Å². The number of aryl methyl sites for hydroxylation is 1. The van der Waals surface area contributed by atoms with Gasteiger partial charge in [-0.25, -0.2) is 9.69 Å². The van der Waals surface area contributed by atoms with Crippen LogP contribution < -0.4 is 19.7 Å². The van der Waals surface area contributed by atoms with Gasteiger partial charge in [0.25, 0.3) is 11.8 Å². The summed E-state index contributed by atoms with van der Waals surface area (Å²) >= 11 is 6.23. The van der Waals surface area contributed by atoms with Gasteiger partial charge in [0, 0.05) is 5.69 Å². The molecule has 1 aliphatic heterocycles. The van der Waals surface area contributed by atoms with Gasteiger partial charge in [0.1, 0.15) is 10.7 Å². The van der Waals surface area contributed by atoms with Crippen LogP contribution in [0.1, 0.15) is 22.8 Å². The molecule has 0 bridgehead atoms. The molecule has 34 heavy (non-hydrogen) atoms. The van der Waals surface area contributed by atoms with Gasteiger partial charge in [-0.1, -0.05) is 48.9 Å². The molecule has 1 heterocycles. The third-order valence-corrected chi connectivity index (χ3v) is 5.65. The summed E-state index contributed by atoms with van der Waals surface area (Å²) in [6.07, 6.45) is 0.653. The van der Waals surface area contributed by atoms with E-state index < -0.39 is 17.8 Å². The molecule has 0 saturated heterocycles. The first kappa shape index (κ1) is 23.1. The Balaban J connectivity index is 1.50. The lowest BCUT2D eigenvalue weighted by molar-refractivity contribution is -0.120. The highest BCUT2D eigenvalue weighted by atomic mass is 35.5. The van der Waals surface area contributed by atoms with E-state index in [0.29, 0.717) is 34.9 Å². The number of rotatable bonds is 7. The van der Waals surface area contributed by atoms with Gasteiger partial charge in [-0.05, 0) is 54.4 Å². The van der Waals surface area contributed by atoms with Gasteiger partial charge in [0.05, 0.1) is 18.4 Å². The number of benzene rings is 3. The van der Waals surface area contributed by atoms with Gasteiger partial charge in [-0.2, -0.15) is 0 Å². The summed E-state index contributed by atoms with van der Waals surface area (Å²) in [5, 5.41) is 2.71. The number of imide groups is 1. The molecule has 0 saturated carbocycles. The van der Waals surface area contributed by atoms with Crippen LogP contribution >= 0.6 is 11.6 Å². The number of para-hydroxylation sites is 3. The van der Waals surface area contributed by atoms with E-state index in [4.69, 9.17) is 21.1 Å². The lowest BCUT2D eigenvalue weighted by Gasteiger charge is -2.18. The summed E-state index contributed by atoms with van der Waals surface area (Å²) in [6.45, 7) is 1.94. The number of ether oxygens (including phenoxy) is 2. The number of esters is 1. The number of hydrogen-bond donors (Lipinski definition) is 1. The van der Waals surface area contributed by atoms with Crippen LogP contribution in [0.3, 0.4) is 0 Å². The second-order valence-electron chi connectivity index (χ2n) is 7.36. The molecule has 1 aliphatic rings. The maximum absolute atomic E-state index is 13.1. The normalized spacial score (nSPS) is 13.3. The van der Waals surface area contributed by atoms with Crippen LogP contribution in [0.5, 0.6) is 11.5 Å². The van der Waals surface area contributed by atoms with Crippen LogP contribution in [0, 0.1) is 0 Å². The topological polar surface area (TPSA) is 84.9 Å². The van der Waals surface area contributed by atoms with Gasteiger partial charge in [-0.3, -0.25) is 9.59 Å². The van der Waals surface area contributed by atoms with Gasteiger partial charge in [-0.15, -0.1) is 0 Å². The molecular formula is C26H21ClN2O5. The van der Waals surface area contributed by atoms with E-state index in [9.17, 15) is 14.4 Å². The highest BCUT2D eigenvalue weighted by molar-refractivity contribution is 6.53. The fourth-order valence-corrected chi connectivity index (χ4v) is 3.77. The van der Waals surface area contributed by atoms with E-state index in [0.717, 1.165) is 10.5 Å². The summed E-state index contributed by atoms with van der Waals surface area (Å²) in [6, 6.07) is 20.3. The molecule has 1 N–H and O–H groups in total.